The second-order valence-corrected chi connectivity index (χ2v) is 1.80. The molecule has 0 aliphatic heterocycles. The van der Waals surface area contributed by atoms with Gasteiger partial charge in [0.05, 0.1) is 0 Å². The third kappa shape index (κ3) is 2.26. The zero-order valence-electron chi connectivity index (χ0n) is 5.40. The zero-order valence-corrected chi connectivity index (χ0v) is 5.40. The smallest absolute Gasteiger partial charge is 0.189 e. The van der Waals surface area contributed by atoms with Gasteiger partial charge in [0.25, 0.3) is 0 Å². The molecule has 0 aliphatic carbocycles. The predicted octanol–water partition coefficient (Wildman–Crippen LogP) is -1.54. The first-order valence-electron chi connectivity index (χ1n) is 2.75. The molecule has 4 heteroatoms. The molecule has 0 heterocycles. The Bertz CT molecular complexity index is 132. The van der Waals surface area contributed by atoms with E-state index in [0.29, 0.717) is 0 Å². The molecule has 3 N–H and O–H groups in total. The van der Waals surface area contributed by atoms with Gasteiger partial charge in [-0.1, -0.05) is 6.08 Å². The molecular formula is C6H10O4. The fourth-order valence-electron chi connectivity index (χ4n) is 0.413. The van der Waals surface area contributed by atoms with Crippen molar-refractivity contribution in [2.75, 3.05) is 6.61 Å². The Balaban J connectivity index is 3.93. The number of aliphatic hydroxyl groups is 3. The van der Waals surface area contributed by atoms with Crippen molar-refractivity contribution >= 4 is 5.78 Å². The van der Waals surface area contributed by atoms with Crippen LogP contribution < -0.4 is 0 Å². The molecule has 0 radical (unpaired) electrons. The van der Waals surface area contributed by atoms with E-state index in [1.165, 1.54) is 0 Å². The summed E-state index contributed by atoms with van der Waals surface area (Å²) in [7, 11) is 0. The second kappa shape index (κ2) is 4.16. The number of carbonyl (C=O) groups is 1. The molecule has 0 spiro atoms. The summed E-state index contributed by atoms with van der Waals surface area (Å²) in [6.07, 6.45) is -1.82. The number of hydrogen-bond acceptors (Lipinski definition) is 4. The molecule has 0 aliphatic rings. The van der Waals surface area contributed by atoms with Gasteiger partial charge in [0.1, 0.15) is 18.8 Å². The highest BCUT2D eigenvalue weighted by Crippen LogP contribution is 1.94. The van der Waals surface area contributed by atoms with Gasteiger partial charge in [-0.05, 0) is 0 Å². The number of carbonyl (C=O) groups excluding carboxylic acids is 1. The van der Waals surface area contributed by atoms with Crippen molar-refractivity contribution < 1.29 is 20.1 Å². The number of rotatable bonds is 4. The molecule has 0 aromatic heterocycles. The maximum Gasteiger partial charge on any atom is 0.189 e. The van der Waals surface area contributed by atoms with Gasteiger partial charge in [-0.25, -0.2) is 0 Å². The Labute approximate surface area is 58.4 Å². The minimum Gasteiger partial charge on any atom is -0.388 e. The molecule has 4 nitrogen and oxygen atoms in total. The van der Waals surface area contributed by atoms with Crippen molar-refractivity contribution in [3.8, 4) is 0 Å². The van der Waals surface area contributed by atoms with Gasteiger partial charge in [-0.2, -0.15) is 0 Å². The second-order valence-electron chi connectivity index (χ2n) is 1.80. The fraction of sp³-hybridized carbons (Fsp3) is 0.500. The maximum absolute atomic E-state index is 10.4. The summed E-state index contributed by atoms with van der Waals surface area (Å²) in [5.41, 5.74) is 0. The highest BCUT2D eigenvalue weighted by molar-refractivity contribution is 5.84. The number of hydrogen-bond donors (Lipinski definition) is 3. The van der Waals surface area contributed by atoms with Crippen LogP contribution in [0.1, 0.15) is 0 Å². The molecule has 0 saturated carbocycles. The van der Waals surface area contributed by atoms with Crippen LogP contribution in [0.5, 0.6) is 0 Å². The van der Waals surface area contributed by atoms with Crippen molar-refractivity contribution in [1.82, 2.24) is 0 Å². The van der Waals surface area contributed by atoms with Crippen molar-refractivity contribution in [2.45, 2.75) is 12.2 Å². The summed E-state index contributed by atoms with van der Waals surface area (Å²) in [4.78, 5) is 10.4. The largest absolute Gasteiger partial charge is 0.388 e. The molecule has 10 heavy (non-hydrogen) atoms. The normalized spacial score (nSPS) is 15.9. The molecule has 2 atom stereocenters. The number of aliphatic hydroxyl groups excluding tert-OH is 3. The van der Waals surface area contributed by atoms with Crippen LogP contribution in [-0.4, -0.2) is 39.9 Å². The van der Waals surface area contributed by atoms with Gasteiger partial charge in [0.2, 0.25) is 0 Å². The lowest BCUT2D eigenvalue weighted by Gasteiger charge is -2.10. The molecule has 0 saturated heterocycles. The number of Topliss-reactive ketones (excluding diaryl/α,β-unsaturated/α-hetero) is 1. The molecule has 0 rings (SSSR count). The van der Waals surface area contributed by atoms with Gasteiger partial charge in [-0.15, -0.1) is 6.58 Å². The lowest BCUT2D eigenvalue weighted by atomic mass is 10.1. The van der Waals surface area contributed by atoms with E-state index in [-0.39, 0.29) is 0 Å². The minimum atomic E-state index is -1.55. The average molecular weight is 146 g/mol. The summed E-state index contributed by atoms with van der Waals surface area (Å²) in [5, 5.41) is 25.7. The summed E-state index contributed by atoms with van der Waals surface area (Å²) < 4.78 is 0. The van der Waals surface area contributed by atoms with Crippen LogP contribution in [0.25, 0.3) is 0 Å². The van der Waals surface area contributed by atoms with E-state index in [1.807, 2.05) is 0 Å². The summed E-state index contributed by atoms with van der Waals surface area (Å²) in [6, 6.07) is 0. The van der Waals surface area contributed by atoms with E-state index in [9.17, 15) is 4.79 Å². The molecule has 0 aromatic rings. The maximum atomic E-state index is 10.4. The van der Waals surface area contributed by atoms with E-state index in [2.05, 4.69) is 6.58 Å². The van der Waals surface area contributed by atoms with Gasteiger partial charge in [0, 0.05) is 0 Å². The van der Waals surface area contributed by atoms with Gasteiger partial charge < -0.3 is 15.3 Å². The SMILES string of the molecule is C=C[C@H](O)C(O)C(=O)CO. The molecule has 1 unspecified atom stereocenters. The van der Waals surface area contributed by atoms with Gasteiger partial charge in [-0.3, -0.25) is 4.79 Å². The van der Waals surface area contributed by atoms with Crippen molar-refractivity contribution in [1.29, 1.82) is 0 Å². The predicted molar refractivity (Wildman–Crippen MR) is 34.3 cm³/mol. The van der Waals surface area contributed by atoms with E-state index in [4.69, 9.17) is 15.3 Å². The van der Waals surface area contributed by atoms with Gasteiger partial charge in [0.15, 0.2) is 5.78 Å². The van der Waals surface area contributed by atoms with Crippen LogP contribution in [0.3, 0.4) is 0 Å². The fourth-order valence-corrected chi connectivity index (χ4v) is 0.413. The molecular weight excluding hydrogens is 136 g/mol. The van der Waals surface area contributed by atoms with E-state index >= 15 is 0 Å². The Kier molecular flexibility index (Phi) is 3.87. The van der Waals surface area contributed by atoms with Crippen LogP contribution >= 0.6 is 0 Å². The molecule has 0 bridgehead atoms. The van der Waals surface area contributed by atoms with E-state index in [1.54, 1.807) is 0 Å². The first-order valence-corrected chi connectivity index (χ1v) is 2.75. The minimum absolute atomic E-state index is 0.772. The van der Waals surface area contributed by atoms with Crippen molar-refractivity contribution in [2.24, 2.45) is 0 Å². The highest BCUT2D eigenvalue weighted by Gasteiger charge is 2.19. The molecule has 58 valence electrons. The Morgan fingerprint density at radius 2 is 2.10 bits per heavy atom. The number of ketones is 1. The lowest BCUT2D eigenvalue weighted by molar-refractivity contribution is -0.133. The van der Waals surface area contributed by atoms with E-state index < -0.39 is 24.6 Å². The summed E-state index contributed by atoms with van der Waals surface area (Å²) in [5.74, 6) is -0.813. The van der Waals surface area contributed by atoms with Crippen molar-refractivity contribution in [3.63, 3.8) is 0 Å². The average Bonchev–Trinajstić information content (AvgIpc) is 2.00. The van der Waals surface area contributed by atoms with E-state index in [0.717, 1.165) is 6.08 Å². The Morgan fingerprint density at radius 1 is 1.60 bits per heavy atom. The lowest BCUT2D eigenvalue weighted by Crippen LogP contribution is -2.34. The van der Waals surface area contributed by atoms with Crippen LogP contribution in [-0.2, 0) is 4.79 Å². The monoisotopic (exact) mass is 146 g/mol. The first kappa shape index (κ1) is 9.29. The molecule has 0 aromatic carbocycles. The van der Waals surface area contributed by atoms with Crippen molar-refractivity contribution in [3.05, 3.63) is 12.7 Å². The van der Waals surface area contributed by atoms with Crippen LogP contribution in [0.2, 0.25) is 0 Å². The first-order chi connectivity index (χ1) is 4.63. The highest BCUT2D eigenvalue weighted by atomic mass is 16.3. The van der Waals surface area contributed by atoms with Crippen LogP contribution in [0, 0.1) is 0 Å². The standard InChI is InChI=1S/C6H10O4/c1-2-4(8)6(10)5(9)3-7/h2,4,6-8,10H,1,3H2/t4-,6?/m0/s1. The summed E-state index contributed by atoms with van der Waals surface area (Å²) >= 11 is 0. The van der Waals surface area contributed by atoms with Crippen LogP contribution in [0.4, 0.5) is 0 Å². The quantitative estimate of drug-likeness (QED) is 0.420. The molecule has 0 fully saturated rings. The molecule has 0 amide bonds. The summed E-state index contributed by atoms with van der Waals surface area (Å²) in [6.45, 7) is 2.38. The topological polar surface area (TPSA) is 77.8 Å². The van der Waals surface area contributed by atoms with Crippen LogP contribution in [0.15, 0.2) is 12.7 Å². The third-order valence-electron chi connectivity index (χ3n) is 1.05. The zero-order chi connectivity index (χ0) is 8.15. The Morgan fingerprint density at radius 3 is 2.40 bits per heavy atom. The van der Waals surface area contributed by atoms with Gasteiger partial charge >= 0.3 is 0 Å². The third-order valence-corrected chi connectivity index (χ3v) is 1.05. The Hall–Kier alpha value is -0.710.